The number of nitrogens with one attached hydrogen (secondary N) is 2. The Morgan fingerprint density at radius 3 is 2.25 bits per heavy atom. The Hall–Kier alpha value is -2.63. The number of aliphatic hydroxyl groups is 1. The maximum absolute atomic E-state index is 12.7. The third-order valence-corrected chi connectivity index (χ3v) is 4.72. The van der Waals surface area contributed by atoms with Gasteiger partial charge in [-0.1, -0.05) is 54.6 Å². The highest BCUT2D eigenvalue weighted by molar-refractivity contribution is 7.10. The Morgan fingerprint density at radius 2 is 1.62 bits per heavy atom. The van der Waals surface area contributed by atoms with Crippen molar-refractivity contribution in [2.75, 3.05) is 5.43 Å². The van der Waals surface area contributed by atoms with Crippen molar-refractivity contribution in [3.8, 4) is 0 Å². The van der Waals surface area contributed by atoms with Gasteiger partial charge in [0.25, 0.3) is 5.91 Å². The van der Waals surface area contributed by atoms with Gasteiger partial charge in [0.15, 0.2) is 5.60 Å². The third kappa shape index (κ3) is 3.64. The molecule has 1 aromatic heterocycles. The van der Waals surface area contributed by atoms with Gasteiger partial charge in [-0.15, -0.1) is 11.3 Å². The number of thiophene rings is 1. The van der Waals surface area contributed by atoms with Crippen LogP contribution in [0.4, 0.5) is 5.69 Å². The lowest BCUT2D eigenvalue weighted by molar-refractivity contribution is -0.139. The summed E-state index contributed by atoms with van der Waals surface area (Å²) in [6.07, 6.45) is 0.205. The number of amides is 1. The summed E-state index contributed by atoms with van der Waals surface area (Å²) in [5, 5.41) is 13.0. The molecule has 0 aliphatic rings. The van der Waals surface area contributed by atoms with Crippen LogP contribution in [0, 0.1) is 0 Å². The summed E-state index contributed by atoms with van der Waals surface area (Å²) in [5.74, 6) is -0.488. The van der Waals surface area contributed by atoms with E-state index in [0.717, 1.165) is 11.3 Å². The molecular weight excluding hydrogens is 320 g/mol. The summed E-state index contributed by atoms with van der Waals surface area (Å²) in [4.78, 5) is 13.3. The molecule has 2 aromatic carbocycles. The van der Waals surface area contributed by atoms with Crippen molar-refractivity contribution >= 4 is 22.9 Å². The summed E-state index contributed by atoms with van der Waals surface area (Å²) >= 11 is 1.36. The largest absolute Gasteiger partial charge is 0.374 e. The molecular formula is C19H18N2O2S. The zero-order valence-electron chi connectivity index (χ0n) is 13.0. The number of rotatable bonds is 6. The fourth-order valence-electron chi connectivity index (χ4n) is 2.44. The molecule has 3 rings (SSSR count). The first kappa shape index (κ1) is 16.2. The predicted molar refractivity (Wildman–Crippen MR) is 96.6 cm³/mol. The van der Waals surface area contributed by atoms with Crippen LogP contribution in [0.15, 0.2) is 78.2 Å². The molecule has 1 unspecified atom stereocenters. The van der Waals surface area contributed by atoms with Crippen molar-refractivity contribution in [1.29, 1.82) is 0 Å². The van der Waals surface area contributed by atoms with Crippen LogP contribution in [0.1, 0.15) is 10.4 Å². The van der Waals surface area contributed by atoms with E-state index in [1.54, 1.807) is 6.07 Å². The van der Waals surface area contributed by atoms with E-state index >= 15 is 0 Å². The molecule has 0 fully saturated rings. The fourth-order valence-corrected chi connectivity index (χ4v) is 3.26. The molecule has 1 amide bonds. The first-order chi connectivity index (χ1) is 11.7. The molecule has 3 aromatic rings. The van der Waals surface area contributed by atoms with Crippen molar-refractivity contribution in [3.63, 3.8) is 0 Å². The minimum absolute atomic E-state index is 0.205. The molecule has 0 aliphatic heterocycles. The molecule has 0 radical (unpaired) electrons. The van der Waals surface area contributed by atoms with E-state index in [2.05, 4.69) is 10.9 Å². The zero-order chi connectivity index (χ0) is 16.8. The van der Waals surface area contributed by atoms with Gasteiger partial charge in [0.2, 0.25) is 0 Å². The quantitative estimate of drug-likeness (QED) is 0.604. The van der Waals surface area contributed by atoms with E-state index in [1.165, 1.54) is 11.3 Å². The Balaban J connectivity index is 1.80. The molecule has 3 N–H and O–H groups in total. The van der Waals surface area contributed by atoms with Crippen molar-refractivity contribution in [1.82, 2.24) is 5.43 Å². The van der Waals surface area contributed by atoms with Gasteiger partial charge in [-0.05, 0) is 29.1 Å². The van der Waals surface area contributed by atoms with Crippen molar-refractivity contribution in [2.45, 2.75) is 12.0 Å². The second kappa shape index (κ2) is 7.29. The highest BCUT2D eigenvalue weighted by Crippen LogP contribution is 2.30. The molecule has 0 spiro atoms. The zero-order valence-corrected chi connectivity index (χ0v) is 13.8. The number of anilines is 1. The molecule has 0 saturated heterocycles. The maximum Gasteiger partial charge on any atom is 0.276 e. The number of para-hydroxylation sites is 1. The predicted octanol–water partition coefficient (Wildman–Crippen LogP) is 3.32. The van der Waals surface area contributed by atoms with Gasteiger partial charge in [-0.3, -0.25) is 15.6 Å². The monoisotopic (exact) mass is 338 g/mol. The van der Waals surface area contributed by atoms with E-state index in [4.69, 9.17) is 0 Å². The molecule has 0 aliphatic carbocycles. The number of hydrogen-bond acceptors (Lipinski definition) is 4. The average molecular weight is 338 g/mol. The summed E-state index contributed by atoms with van der Waals surface area (Å²) < 4.78 is 0. The molecule has 24 heavy (non-hydrogen) atoms. The maximum atomic E-state index is 12.7. The molecule has 122 valence electrons. The minimum Gasteiger partial charge on any atom is -0.374 e. The first-order valence-corrected chi connectivity index (χ1v) is 8.48. The van der Waals surface area contributed by atoms with Crippen molar-refractivity contribution < 1.29 is 9.90 Å². The molecule has 0 bridgehead atoms. The fraction of sp³-hybridized carbons (Fsp3) is 0.105. The van der Waals surface area contributed by atoms with Crippen LogP contribution in [0.5, 0.6) is 0 Å². The highest BCUT2D eigenvalue weighted by Gasteiger charge is 2.39. The van der Waals surface area contributed by atoms with Gasteiger partial charge in [-0.25, -0.2) is 0 Å². The van der Waals surface area contributed by atoms with Crippen LogP contribution >= 0.6 is 11.3 Å². The Labute approximate surface area is 144 Å². The van der Waals surface area contributed by atoms with E-state index < -0.39 is 11.5 Å². The van der Waals surface area contributed by atoms with Crippen LogP contribution in [0.25, 0.3) is 0 Å². The van der Waals surface area contributed by atoms with E-state index in [1.807, 2.05) is 72.1 Å². The third-order valence-electron chi connectivity index (χ3n) is 3.70. The van der Waals surface area contributed by atoms with Crippen LogP contribution < -0.4 is 10.9 Å². The van der Waals surface area contributed by atoms with E-state index in [9.17, 15) is 9.90 Å². The Bertz CT molecular complexity index is 776. The van der Waals surface area contributed by atoms with E-state index in [-0.39, 0.29) is 6.42 Å². The molecule has 0 saturated carbocycles. The Kier molecular flexibility index (Phi) is 4.93. The molecule has 5 heteroatoms. The van der Waals surface area contributed by atoms with Crippen molar-refractivity contribution in [3.05, 3.63) is 88.6 Å². The molecule has 1 heterocycles. The lowest BCUT2D eigenvalue weighted by Gasteiger charge is -2.26. The van der Waals surface area contributed by atoms with Gasteiger partial charge >= 0.3 is 0 Å². The SMILES string of the molecule is O=C(NNc1ccccc1)C(O)(Cc1ccccc1)c1cccs1. The molecule has 4 nitrogen and oxygen atoms in total. The van der Waals surface area contributed by atoms with Gasteiger partial charge in [0, 0.05) is 11.3 Å². The average Bonchev–Trinajstić information content (AvgIpc) is 3.16. The number of hydrogen-bond donors (Lipinski definition) is 3. The number of benzene rings is 2. The number of carbonyl (C=O) groups is 1. The van der Waals surface area contributed by atoms with Crippen LogP contribution in [0.2, 0.25) is 0 Å². The smallest absolute Gasteiger partial charge is 0.276 e. The van der Waals surface area contributed by atoms with Crippen molar-refractivity contribution in [2.24, 2.45) is 0 Å². The number of carbonyl (C=O) groups excluding carboxylic acids is 1. The van der Waals surface area contributed by atoms with Crippen LogP contribution in [0.3, 0.4) is 0 Å². The standard InChI is InChI=1S/C19H18N2O2S/c22-18(21-20-16-10-5-2-6-11-16)19(23,17-12-7-13-24-17)14-15-8-3-1-4-9-15/h1-13,20,23H,14H2,(H,21,22). The van der Waals surface area contributed by atoms with Gasteiger partial charge in [-0.2, -0.15) is 0 Å². The molecule has 1 atom stereocenters. The number of hydrazine groups is 1. The summed E-state index contributed by atoms with van der Waals surface area (Å²) in [5.41, 5.74) is 5.47. The normalized spacial score (nSPS) is 13.0. The lowest BCUT2D eigenvalue weighted by atomic mass is 9.92. The summed E-state index contributed by atoms with van der Waals surface area (Å²) in [6.45, 7) is 0. The van der Waals surface area contributed by atoms with E-state index in [0.29, 0.717) is 4.88 Å². The lowest BCUT2D eigenvalue weighted by Crippen LogP contribution is -2.47. The highest BCUT2D eigenvalue weighted by atomic mass is 32.1. The first-order valence-electron chi connectivity index (χ1n) is 7.60. The van der Waals surface area contributed by atoms with Gasteiger partial charge in [0.1, 0.15) is 0 Å². The summed E-state index contributed by atoms with van der Waals surface area (Å²) in [6, 6.07) is 22.4. The Morgan fingerprint density at radius 1 is 0.958 bits per heavy atom. The second-order valence-corrected chi connectivity index (χ2v) is 6.39. The van der Waals surface area contributed by atoms with Crippen LogP contribution in [-0.4, -0.2) is 11.0 Å². The van der Waals surface area contributed by atoms with Gasteiger partial charge < -0.3 is 5.11 Å². The van der Waals surface area contributed by atoms with Gasteiger partial charge in [0.05, 0.1) is 5.69 Å². The topological polar surface area (TPSA) is 61.4 Å². The summed E-state index contributed by atoms with van der Waals surface area (Å²) in [7, 11) is 0. The van der Waals surface area contributed by atoms with Crippen LogP contribution in [-0.2, 0) is 16.8 Å². The second-order valence-electron chi connectivity index (χ2n) is 5.45. The minimum atomic E-state index is -1.63.